The second kappa shape index (κ2) is 12.5. The molecule has 0 unspecified atom stereocenters. The van der Waals surface area contributed by atoms with E-state index in [0.717, 1.165) is 55.6 Å². The minimum atomic E-state index is -0.258. The van der Waals surface area contributed by atoms with Crippen LogP contribution in [0.1, 0.15) is 18.4 Å². The Labute approximate surface area is 207 Å². The number of halogens is 2. The summed E-state index contributed by atoms with van der Waals surface area (Å²) in [5.74, 6) is 0.746. The lowest BCUT2D eigenvalue weighted by Crippen LogP contribution is -2.49. The van der Waals surface area contributed by atoms with E-state index in [0.29, 0.717) is 19.6 Å². The van der Waals surface area contributed by atoms with Crippen LogP contribution in [-0.2, 0) is 11.3 Å². The normalized spacial score (nSPS) is 18.4. The second-order valence-corrected chi connectivity index (χ2v) is 8.24. The van der Waals surface area contributed by atoms with Crippen LogP contribution < -0.4 is 15.5 Å². The van der Waals surface area contributed by atoms with Gasteiger partial charge in [0.25, 0.3) is 0 Å². The van der Waals surface area contributed by atoms with Crippen LogP contribution >= 0.6 is 35.6 Å². The number of piperidine rings is 1. The van der Waals surface area contributed by atoms with Gasteiger partial charge in [-0.25, -0.2) is 4.79 Å². The summed E-state index contributed by atoms with van der Waals surface area (Å²) in [6.07, 6.45) is 1.45. The van der Waals surface area contributed by atoms with Crippen LogP contribution in [0.3, 0.4) is 0 Å². The van der Waals surface area contributed by atoms with E-state index in [9.17, 15) is 4.79 Å². The molecular weight excluding hydrogens is 531 g/mol. The number of hydrogen-bond acceptors (Lipinski definition) is 5. The first-order valence-corrected chi connectivity index (χ1v) is 10.9. The van der Waals surface area contributed by atoms with Crippen LogP contribution in [0, 0.1) is 0 Å². The molecule has 0 aliphatic carbocycles. The highest BCUT2D eigenvalue weighted by Gasteiger charge is 2.24. The fraction of sp³-hybridized carbons (Fsp3) is 0.619. The molecule has 10 heteroatoms. The van der Waals surface area contributed by atoms with Crippen molar-refractivity contribution in [3.8, 4) is 0 Å². The molecule has 0 saturated carbocycles. The highest BCUT2D eigenvalue weighted by Crippen LogP contribution is 2.28. The van der Waals surface area contributed by atoms with Crippen molar-refractivity contribution in [2.24, 2.45) is 4.99 Å². The van der Waals surface area contributed by atoms with Gasteiger partial charge in [-0.2, -0.15) is 0 Å². The zero-order chi connectivity index (χ0) is 21.5. The van der Waals surface area contributed by atoms with Gasteiger partial charge in [0.15, 0.2) is 5.96 Å². The lowest BCUT2D eigenvalue weighted by molar-refractivity contribution is 0.111. The van der Waals surface area contributed by atoms with Gasteiger partial charge in [-0.1, -0.05) is 17.7 Å². The zero-order valence-electron chi connectivity index (χ0n) is 18.6. The molecule has 174 valence electrons. The Kier molecular flexibility index (Phi) is 10.4. The predicted molar refractivity (Wildman–Crippen MR) is 137 cm³/mol. The molecule has 1 aromatic rings. The molecule has 31 heavy (non-hydrogen) atoms. The number of nitrogens with zero attached hydrogens (tertiary/aromatic N) is 4. The molecule has 0 aromatic heterocycles. The Hall–Kier alpha value is -1.46. The number of benzene rings is 1. The standard InChI is InChI=1S/C21H33ClN6O2.HI/c1-23-20(25-16-7-9-28(10-8-16)21(29)30-3)24-15-17-18(22)5-4-6-19(17)27-13-11-26(2)12-14-27;/h4-6,16H,7-15H2,1-3H3,(H2,23,24,25);1H. The second-order valence-electron chi connectivity index (χ2n) is 7.83. The Bertz CT molecular complexity index is 749. The first-order valence-electron chi connectivity index (χ1n) is 10.5. The Balaban J connectivity index is 0.00000341. The number of likely N-dealkylation sites (tertiary alicyclic amines) is 1. The SMILES string of the molecule is CN=C(NCc1c(Cl)cccc1N1CCN(C)CC1)NC1CCN(C(=O)OC)CC1.I. The Morgan fingerprint density at radius 1 is 1.19 bits per heavy atom. The average Bonchev–Trinajstić information content (AvgIpc) is 2.77. The summed E-state index contributed by atoms with van der Waals surface area (Å²) in [6.45, 7) is 6.05. The Morgan fingerprint density at radius 2 is 1.87 bits per heavy atom. The van der Waals surface area contributed by atoms with Crippen molar-refractivity contribution in [3.05, 3.63) is 28.8 Å². The molecule has 3 rings (SSSR count). The number of carbonyl (C=O) groups is 1. The first kappa shape index (κ1) is 25.8. The molecule has 8 nitrogen and oxygen atoms in total. The number of piperazine rings is 1. The molecule has 1 aromatic carbocycles. The van der Waals surface area contributed by atoms with Crippen molar-refractivity contribution in [2.75, 3.05) is 65.4 Å². The van der Waals surface area contributed by atoms with E-state index in [2.05, 4.69) is 38.5 Å². The van der Waals surface area contributed by atoms with Crippen LogP contribution in [0.4, 0.5) is 10.5 Å². The van der Waals surface area contributed by atoms with Gasteiger partial charge in [-0.05, 0) is 32.0 Å². The molecule has 2 aliphatic heterocycles. The number of guanidine groups is 1. The molecule has 2 aliphatic rings. The third-order valence-electron chi connectivity index (χ3n) is 5.86. The van der Waals surface area contributed by atoms with Crippen molar-refractivity contribution >= 4 is 53.3 Å². The quantitative estimate of drug-likeness (QED) is 0.333. The average molecular weight is 565 g/mol. The van der Waals surface area contributed by atoms with Crippen LogP contribution in [-0.4, -0.2) is 88.4 Å². The van der Waals surface area contributed by atoms with Crippen LogP contribution in [0.5, 0.6) is 0 Å². The third kappa shape index (κ3) is 7.01. The smallest absolute Gasteiger partial charge is 0.409 e. The molecule has 0 atom stereocenters. The number of aliphatic imine (C=N–C) groups is 1. The largest absolute Gasteiger partial charge is 0.453 e. The van der Waals surface area contributed by atoms with Crippen molar-refractivity contribution in [3.63, 3.8) is 0 Å². The summed E-state index contributed by atoms with van der Waals surface area (Å²) in [7, 11) is 5.35. The van der Waals surface area contributed by atoms with E-state index in [4.69, 9.17) is 16.3 Å². The first-order chi connectivity index (χ1) is 14.5. The van der Waals surface area contributed by atoms with Crippen molar-refractivity contribution in [1.82, 2.24) is 20.4 Å². The molecule has 0 radical (unpaired) electrons. The van der Waals surface area contributed by atoms with Crippen LogP contribution in [0.25, 0.3) is 0 Å². The number of carbonyl (C=O) groups excluding carboxylic acids is 1. The maximum Gasteiger partial charge on any atom is 0.409 e. The van der Waals surface area contributed by atoms with E-state index in [-0.39, 0.29) is 36.1 Å². The molecule has 0 bridgehead atoms. The maximum absolute atomic E-state index is 11.7. The summed E-state index contributed by atoms with van der Waals surface area (Å²) in [6, 6.07) is 6.37. The molecule has 1 amide bonds. The van der Waals surface area contributed by atoms with Gasteiger partial charge in [0.1, 0.15) is 0 Å². The highest BCUT2D eigenvalue weighted by atomic mass is 127. The van der Waals surface area contributed by atoms with Crippen molar-refractivity contribution < 1.29 is 9.53 Å². The molecule has 2 saturated heterocycles. The van der Waals surface area contributed by atoms with Crippen molar-refractivity contribution in [2.45, 2.75) is 25.4 Å². The maximum atomic E-state index is 11.7. The van der Waals surface area contributed by atoms with Crippen LogP contribution in [0.15, 0.2) is 23.2 Å². The fourth-order valence-electron chi connectivity index (χ4n) is 3.96. The Morgan fingerprint density at radius 3 is 2.48 bits per heavy atom. The van der Waals surface area contributed by atoms with Crippen LogP contribution in [0.2, 0.25) is 5.02 Å². The molecular formula is C21H34ClIN6O2. The topological polar surface area (TPSA) is 72.4 Å². The summed E-state index contributed by atoms with van der Waals surface area (Å²) in [4.78, 5) is 22.5. The van der Waals surface area contributed by atoms with Gasteiger partial charge in [0, 0.05) is 75.2 Å². The van der Waals surface area contributed by atoms with Gasteiger partial charge < -0.3 is 30.1 Å². The van der Waals surface area contributed by atoms with E-state index in [1.165, 1.54) is 12.8 Å². The number of hydrogen-bond donors (Lipinski definition) is 2. The van der Waals surface area contributed by atoms with E-state index >= 15 is 0 Å². The predicted octanol–water partition coefficient (Wildman–Crippen LogP) is 2.61. The molecule has 2 N–H and O–H groups in total. The molecule has 2 heterocycles. The number of ether oxygens (including phenoxy) is 1. The number of methoxy groups -OCH3 is 1. The number of nitrogens with one attached hydrogen (secondary N) is 2. The minimum Gasteiger partial charge on any atom is -0.453 e. The lowest BCUT2D eigenvalue weighted by Gasteiger charge is -2.35. The van der Waals surface area contributed by atoms with Gasteiger partial charge in [0.05, 0.1) is 7.11 Å². The summed E-state index contributed by atoms with van der Waals surface area (Å²) >= 11 is 6.57. The highest BCUT2D eigenvalue weighted by molar-refractivity contribution is 14.0. The van der Waals surface area contributed by atoms with E-state index in [1.807, 2.05) is 12.1 Å². The lowest BCUT2D eigenvalue weighted by atomic mass is 10.1. The van der Waals surface area contributed by atoms with E-state index in [1.54, 1.807) is 11.9 Å². The number of rotatable bonds is 4. The number of likely N-dealkylation sites (N-methyl/N-ethyl adjacent to an activating group) is 1. The van der Waals surface area contributed by atoms with Gasteiger partial charge in [0.2, 0.25) is 0 Å². The van der Waals surface area contributed by atoms with Gasteiger partial charge >= 0.3 is 6.09 Å². The van der Waals surface area contributed by atoms with Crippen molar-refractivity contribution in [1.29, 1.82) is 0 Å². The van der Waals surface area contributed by atoms with Gasteiger partial charge in [-0.15, -0.1) is 24.0 Å². The molecule has 0 spiro atoms. The summed E-state index contributed by atoms with van der Waals surface area (Å²) in [5, 5.41) is 7.66. The minimum absolute atomic E-state index is 0. The monoisotopic (exact) mass is 564 g/mol. The summed E-state index contributed by atoms with van der Waals surface area (Å²) < 4.78 is 4.80. The molecule has 2 fully saturated rings. The fourth-order valence-corrected chi connectivity index (χ4v) is 4.20. The zero-order valence-corrected chi connectivity index (χ0v) is 21.7. The number of amides is 1. The van der Waals surface area contributed by atoms with Gasteiger partial charge in [-0.3, -0.25) is 4.99 Å². The number of anilines is 1. The van der Waals surface area contributed by atoms with E-state index < -0.39 is 0 Å². The third-order valence-corrected chi connectivity index (χ3v) is 6.22. The summed E-state index contributed by atoms with van der Waals surface area (Å²) in [5.41, 5.74) is 2.28.